The van der Waals surface area contributed by atoms with Crippen LogP contribution in [0.2, 0.25) is 0 Å². The summed E-state index contributed by atoms with van der Waals surface area (Å²) in [6, 6.07) is 0.533. The SMILES string of the molecule is CCOC1CC(NC2CCN(C)C2=O)C12CCCCC2. The van der Waals surface area contributed by atoms with Crippen molar-refractivity contribution in [3.63, 3.8) is 0 Å². The number of carbonyl (C=O) groups is 1. The molecule has 1 heterocycles. The largest absolute Gasteiger partial charge is 0.378 e. The summed E-state index contributed by atoms with van der Waals surface area (Å²) in [4.78, 5) is 13.9. The third-order valence-corrected chi connectivity index (χ3v) is 5.77. The van der Waals surface area contributed by atoms with Gasteiger partial charge in [-0.3, -0.25) is 4.79 Å². The lowest BCUT2D eigenvalue weighted by Gasteiger charge is -2.58. The average Bonchev–Trinajstić information content (AvgIpc) is 2.79. The molecule has 0 aromatic rings. The van der Waals surface area contributed by atoms with Gasteiger partial charge < -0.3 is 15.0 Å². The highest BCUT2D eigenvalue weighted by atomic mass is 16.5. The topological polar surface area (TPSA) is 41.6 Å². The molecule has 4 nitrogen and oxygen atoms in total. The molecule has 1 amide bonds. The van der Waals surface area contributed by atoms with Gasteiger partial charge in [0.25, 0.3) is 0 Å². The molecule has 1 saturated heterocycles. The van der Waals surface area contributed by atoms with Crippen molar-refractivity contribution in [3.8, 4) is 0 Å². The normalized spacial score (nSPS) is 36.4. The molecule has 4 heteroatoms. The minimum atomic E-state index is 0.0476. The van der Waals surface area contributed by atoms with E-state index in [-0.39, 0.29) is 11.9 Å². The lowest BCUT2D eigenvalue weighted by molar-refractivity contribution is -0.154. The number of likely N-dealkylation sites (N-methyl/N-ethyl adjacent to an activating group) is 1. The van der Waals surface area contributed by atoms with Gasteiger partial charge in [0.05, 0.1) is 12.1 Å². The maximum Gasteiger partial charge on any atom is 0.239 e. The molecule has 20 heavy (non-hydrogen) atoms. The smallest absolute Gasteiger partial charge is 0.239 e. The fraction of sp³-hybridized carbons (Fsp3) is 0.938. The molecule has 0 aromatic heterocycles. The zero-order chi connectivity index (χ0) is 14.2. The third-order valence-electron chi connectivity index (χ3n) is 5.77. The van der Waals surface area contributed by atoms with Crippen molar-refractivity contribution >= 4 is 5.91 Å². The number of carbonyl (C=O) groups excluding carboxylic acids is 1. The van der Waals surface area contributed by atoms with E-state index < -0.39 is 0 Å². The second-order valence-electron chi connectivity index (χ2n) is 6.79. The number of nitrogens with one attached hydrogen (secondary N) is 1. The highest BCUT2D eigenvalue weighted by molar-refractivity contribution is 5.83. The summed E-state index contributed by atoms with van der Waals surface area (Å²) in [7, 11) is 1.91. The minimum Gasteiger partial charge on any atom is -0.378 e. The van der Waals surface area contributed by atoms with Crippen LogP contribution in [0.1, 0.15) is 51.9 Å². The first-order chi connectivity index (χ1) is 9.67. The second-order valence-corrected chi connectivity index (χ2v) is 6.79. The Hall–Kier alpha value is -0.610. The maximum atomic E-state index is 12.1. The molecule has 3 unspecified atom stereocenters. The highest BCUT2D eigenvalue weighted by Crippen LogP contribution is 2.53. The van der Waals surface area contributed by atoms with Crippen molar-refractivity contribution in [3.05, 3.63) is 0 Å². The summed E-state index contributed by atoms with van der Waals surface area (Å²) in [6.07, 6.45) is 9.00. The van der Waals surface area contributed by atoms with Crippen molar-refractivity contribution in [2.75, 3.05) is 20.2 Å². The summed E-state index contributed by atoms with van der Waals surface area (Å²) in [5.74, 6) is 0.274. The molecule has 1 aliphatic heterocycles. The predicted octanol–water partition coefficient (Wildman–Crippen LogP) is 1.93. The van der Waals surface area contributed by atoms with Crippen LogP contribution in [-0.2, 0) is 9.53 Å². The number of ether oxygens (including phenoxy) is 1. The Bertz CT molecular complexity index is 365. The zero-order valence-electron chi connectivity index (χ0n) is 12.9. The van der Waals surface area contributed by atoms with E-state index >= 15 is 0 Å². The van der Waals surface area contributed by atoms with Crippen LogP contribution in [0.15, 0.2) is 0 Å². The summed E-state index contributed by atoms with van der Waals surface area (Å²) >= 11 is 0. The van der Waals surface area contributed by atoms with Gasteiger partial charge in [-0.25, -0.2) is 0 Å². The Labute approximate surface area is 122 Å². The second kappa shape index (κ2) is 5.64. The molecular weight excluding hydrogens is 252 g/mol. The van der Waals surface area contributed by atoms with Gasteiger partial charge >= 0.3 is 0 Å². The first-order valence-corrected chi connectivity index (χ1v) is 8.30. The quantitative estimate of drug-likeness (QED) is 0.855. The van der Waals surface area contributed by atoms with E-state index in [2.05, 4.69) is 12.2 Å². The zero-order valence-corrected chi connectivity index (χ0v) is 12.9. The Morgan fingerprint density at radius 2 is 2.10 bits per heavy atom. The summed E-state index contributed by atoms with van der Waals surface area (Å²) in [6.45, 7) is 3.79. The van der Waals surface area contributed by atoms with Crippen molar-refractivity contribution < 1.29 is 9.53 Å². The van der Waals surface area contributed by atoms with Crippen LogP contribution in [0.5, 0.6) is 0 Å². The molecule has 2 aliphatic carbocycles. The van der Waals surface area contributed by atoms with E-state index in [1.807, 2.05) is 11.9 Å². The van der Waals surface area contributed by atoms with Crippen molar-refractivity contribution in [2.24, 2.45) is 5.41 Å². The highest BCUT2D eigenvalue weighted by Gasteiger charge is 2.56. The van der Waals surface area contributed by atoms with Crippen LogP contribution >= 0.6 is 0 Å². The maximum absolute atomic E-state index is 12.1. The van der Waals surface area contributed by atoms with Crippen LogP contribution in [0, 0.1) is 5.41 Å². The first kappa shape index (κ1) is 14.3. The molecule has 3 rings (SSSR count). The summed E-state index contributed by atoms with van der Waals surface area (Å²) in [5.41, 5.74) is 0.315. The summed E-state index contributed by atoms with van der Waals surface area (Å²) in [5, 5.41) is 3.67. The number of nitrogens with zero attached hydrogens (tertiary/aromatic N) is 1. The van der Waals surface area contributed by atoms with E-state index in [0.717, 1.165) is 26.0 Å². The van der Waals surface area contributed by atoms with Crippen molar-refractivity contribution in [1.82, 2.24) is 10.2 Å². The third kappa shape index (κ3) is 2.27. The van der Waals surface area contributed by atoms with E-state index in [0.29, 0.717) is 17.6 Å². The van der Waals surface area contributed by atoms with Crippen molar-refractivity contribution in [1.29, 1.82) is 0 Å². The fourth-order valence-corrected chi connectivity index (χ4v) is 4.52. The molecule has 114 valence electrons. The van der Waals surface area contributed by atoms with Crippen LogP contribution in [0.25, 0.3) is 0 Å². The fourth-order valence-electron chi connectivity index (χ4n) is 4.52. The number of hydrogen-bond acceptors (Lipinski definition) is 3. The van der Waals surface area contributed by atoms with Crippen LogP contribution in [0.3, 0.4) is 0 Å². The molecule has 2 saturated carbocycles. The number of likely N-dealkylation sites (tertiary alicyclic amines) is 1. The van der Waals surface area contributed by atoms with Gasteiger partial charge in [-0.1, -0.05) is 19.3 Å². The number of amides is 1. The van der Waals surface area contributed by atoms with Crippen molar-refractivity contribution in [2.45, 2.75) is 70.1 Å². The molecule has 3 aliphatic rings. The lowest BCUT2D eigenvalue weighted by Crippen LogP contribution is -2.66. The Kier molecular flexibility index (Phi) is 4.04. The van der Waals surface area contributed by atoms with Gasteiger partial charge in [0, 0.05) is 31.7 Å². The Morgan fingerprint density at radius 1 is 1.35 bits per heavy atom. The van der Waals surface area contributed by atoms with E-state index in [4.69, 9.17) is 4.74 Å². The predicted molar refractivity (Wildman–Crippen MR) is 78.5 cm³/mol. The molecule has 0 bridgehead atoms. The van der Waals surface area contributed by atoms with Gasteiger partial charge in [0.15, 0.2) is 0 Å². The van der Waals surface area contributed by atoms with E-state index in [1.165, 1.54) is 32.1 Å². The van der Waals surface area contributed by atoms with Gasteiger partial charge in [-0.05, 0) is 32.6 Å². The number of hydrogen-bond donors (Lipinski definition) is 1. The molecule has 3 fully saturated rings. The first-order valence-electron chi connectivity index (χ1n) is 8.30. The van der Waals surface area contributed by atoms with E-state index in [9.17, 15) is 4.79 Å². The molecule has 1 spiro atoms. The van der Waals surface area contributed by atoms with Gasteiger partial charge in [0.2, 0.25) is 5.91 Å². The minimum absolute atomic E-state index is 0.0476. The van der Waals surface area contributed by atoms with Gasteiger partial charge in [0.1, 0.15) is 0 Å². The van der Waals surface area contributed by atoms with Crippen LogP contribution < -0.4 is 5.32 Å². The standard InChI is InChI=1S/C16H28N2O2/c1-3-20-14-11-13(16(14)8-5-4-6-9-16)17-12-7-10-18(2)15(12)19/h12-14,17H,3-11H2,1-2H3. The molecule has 0 radical (unpaired) electrons. The molecule has 1 N–H and O–H groups in total. The molecule has 3 atom stereocenters. The summed E-state index contributed by atoms with van der Waals surface area (Å²) < 4.78 is 5.98. The Balaban J connectivity index is 1.65. The lowest BCUT2D eigenvalue weighted by atomic mass is 9.55. The van der Waals surface area contributed by atoms with Gasteiger partial charge in [-0.15, -0.1) is 0 Å². The molecular formula is C16H28N2O2. The van der Waals surface area contributed by atoms with Crippen LogP contribution in [-0.4, -0.2) is 49.2 Å². The monoisotopic (exact) mass is 280 g/mol. The van der Waals surface area contributed by atoms with Gasteiger partial charge in [-0.2, -0.15) is 0 Å². The number of rotatable bonds is 4. The average molecular weight is 280 g/mol. The Morgan fingerprint density at radius 3 is 2.70 bits per heavy atom. The van der Waals surface area contributed by atoms with Crippen LogP contribution in [0.4, 0.5) is 0 Å². The molecule has 0 aromatic carbocycles. The van der Waals surface area contributed by atoms with E-state index in [1.54, 1.807) is 0 Å².